The van der Waals surface area contributed by atoms with Crippen LogP contribution in [-0.4, -0.2) is 35.7 Å². The minimum absolute atomic E-state index is 0.161. The van der Waals surface area contributed by atoms with Crippen molar-refractivity contribution in [3.05, 3.63) is 22.4 Å². The highest BCUT2D eigenvalue weighted by atomic mass is 32.1. The van der Waals surface area contributed by atoms with Crippen LogP contribution in [0.4, 0.5) is 4.79 Å². The number of hydrogen-bond donors (Lipinski definition) is 1. The highest BCUT2D eigenvalue weighted by Gasteiger charge is 2.55. The summed E-state index contributed by atoms with van der Waals surface area (Å²) in [6, 6.07) is 2.80. The number of carbonyl (C=O) groups is 1. The van der Waals surface area contributed by atoms with Crippen LogP contribution < -0.4 is 5.32 Å². The summed E-state index contributed by atoms with van der Waals surface area (Å²) in [6.07, 6.45) is 3.27. The molecule has 1 aliphatic heterocycles. The SMILES string of the molecule is CC(C)(C)OC(=O)N1CCC2(CC1)C[C@@H]2NCc1ccsc1. The highest BCUT2D eigenvalue weighted by Crippen LogP contribution is 2.54. The van der Waals surface area contributed by atoms with Crippen LogP contribution in [0.15, 0.2) is 16.8 Å². The molecule has 1 atom stereocenters. The Balaban J connectivity index is 1.43. The van der Waals surface area contributed by atoms with Gasteiger partial charge in [0.05, 0.1) is 0 Å². The zero-order valence-corrected chi connectivity index (χ0v) is 14.5. The van der Waals surface area contributed by atoms with Crippen molar-refractivity contribution in [3.63, 3.8) is 0 Å². The van der Waals surface area contributed by atoms with Gasteiger partial charge in [0.25, 0.3) is 0 Å². The first-order valence-corrected chi connectivity index (χ1v) is 9.05. The summed E-state index contributed by atoms with van der Waals surface area (Å²) in [4.78, 5) is 14.0. The molecule has 0 unspecified atom stereocenters. The van der Waals surface area contributed by atoms with Crippen LogP contribution >= 0.6 is 11.3 Å². The van der Waals surface area contributed by atoms with Gasteiger partial charge in [0, 0.05) is 25.7 Å². The topological polar surface area (TPSA) is 41.6 Å². The number of hydrogen-bond acceptors (Lipinski definition) is 4. The number of rotatable bonds is 3. The van der Waals surface area contributed by atoms with Crippen LogP contribution in [0.3, 0.4) is 0 Å². The molecule has 4 nitrogen and oxygen atoms in total. The minimum atomic E-state index is -0.406. The van der Waals surface area contributed by atoms with Crippen molar-refractivity contribution >= 4 is 17.4 Å². The molecule has 3 rings (SSSR count). The van der Waals surface area contributed by atoms with Crippen LogP contribution in [0, 0.1) is 5.41 Å². The van der Waals surface area contributed by atoms with Crippen molar-refractivity contribution in [1.29, 1.82) is 0 Å². The van der Waals surface area contributed by atoms with Gasteiger partial charge in [-0.3, -0.25) is 0 Å². The molecule has 22 heavy (non-hydrogen) atoms. The Morgan fingerprint density at radius 1 is 1.45 bits per heavy atom. The Kier molecular flexibility index (Phi) is 4.21. The lowest BCUT2D eigenvalue weighted by atomic mass is 9.93. The van der Waals surface area contributed by atoms with Crippen LogP contribution in [-0.2, 0) is 11.3 Å². The smallest absolute Gasteiger partial charge is 0.410 e. The lowest BCUT2D eigenvalue weighted by Gasteiger charge is -2.34. The third kappa shape index (κ3) is 3.63. The fourth-order valence-electron chi connectivity index (χ4n) is 3.28. The summed E-state index contributed by atoms with van der Waals surface area (Å²) in [7, 11) is 0. The standard InChI is InChI=1S/C17H26N2O2S/c1-16(2,3)21-15(20)19-7-5-17(6-8-19)10-14(17)18-11-13-4-9-22-12-13/h4,9,12,14,18H,5-8,10-11H2,1-3H3/t14-/m0/s1. The second kappa shape index (κ2) is 5.85. The number of nitrogens with one attached hydrogen (secondary N) is 1. The van der Waals surface area contributed by atoms with Gasteiger partial charge in [-0.05, 0) is 67.8 Å². The van der Waals surface area contributed by atoms with E-state index in [1.54, 1.807) is 11.3 Å². The lowest BCUT2D eigenvalue weighted by Crippen LogP contribution is -2.43. The molecule has 1 aliphatic carbocycles. The third-order valence-electron chi connectivity index (χ3n) is 4.73. The van der Waals surface area contributed by atoms with Gasteiger partial charge in [-0.25, -0.2) is 4.79 Å². The molecule has 5 heteroatoms. The summed E-state index contributed by atoms with van der Waals surface area (Å²) < 4.78 is 5.46. The van der Waals surface area contributed by atoms with Gasteiger partial charge in [0.15, 0.2) is 0 Å². The predicted molar refractivity (Wildman–Crippen MR) is 89.0 cm³/mol. The maximum Gasteiger partial charge on any atom is 0.410 e. The number of carbonyl (C=O) groups excluding carboxylic acids is 1. The molecule has 0 radical (unpaired) electrons. The van der Waals surface area contributed by atoms with E-state index < -0.39 is 5.60 Å². The summed E-state index contributed by atoms with van der Waals surface area (Å²) in [6.45, 7) is 8.37. The van der Waals surface area contributed by atoms with Gasteiger partial charge < -0.3 is 15.0 Å². The zero-order valence-electron chi connectivity index (χ0n) is 13.7. The number of piperidine rings is 1. The maximum absolute atomic E-state index is 12.1. The van der Waals surface area contributed by atoms with E-state index in [2.05, 4.69) is 22.1 Å². The fourth-order valence-corrected chi connectivity index (χ4v) is 3.95. The van der Waals surface area contributed by atoms with Crippen molar-refractivity contribution in [1.82, 2.24) is 10.2 Å². The monoisotopic (exact) mass is 322 g/mol. The van der Waals surface area contributed by atoms with Gasteiger partial charge in [-0.1, -0.05) is 0 Å². The molecule has 0 aromatic carbocycles. The van der Waals surface area contributed by atoms with Crippen molar-refractivity contribution in [2.75, 3.05) is 13.1 Å². The molecule has 2 aliphatic rings. The molecule has 1 N–H and O–H groups in total. The van der Waals surface area contributed by atoms with E-state index in [0.717, 1.165) is 32.5 Å². The Labute approximate surface area is 136 Å². The largest absolute Gasteiger partial charge is 0.444 e. The van der Waals surface area contributed by atoms with Gasteiger partial charge in [-0.15, -0.1) is 0 Å². The molecule has 2 fully saturated rings. The zero-order chi connectivity index (χ0) is 15.8. The lowest BCUT2D eigenvalue weighted by molar-refractivity contribution is 0.0168. The van der Waals surface area contributed by atoms with Crippen LogP contribution in [0.25, 0.3) is 0 Å². The molecule has 122 valence electrons. The molecule has 1 amide bonds. The molecule has 1 saturated heterocycles. The second-order valence-corrected chi connectivity index (χ2v) is 8.38. The van der Waals surface area contributed by atoms with Crippen molar-refractivity contribution < 1.29 is 9.53 Å². The van der Waals surface area contributed by atoms with E-state index in [1.165, 1.54) is 12.0 Å². The summed E-state index contributed by atoms with van der Waals surface area (Å²) >= 11 is 1.75. The molecule has 2 heterocycles. The van der Waals surface area contributed by atoms with Crippen LogP contribution in [0.1, 0.15) is 45.6 Å². The summed E-state index contributed by atoms with van der Waals surface area (Å²) in [5.74, 6) is 0. The number of ether oxygens (including phenoxy) is 1. The molecule has 0 bridgehead atoms. The molecule has 1 aromatic rings. The Bertz CT molecular complexity index is 513. The second-order valence-electron chi connectivity index (χ2n) is 7.60. The van der Waals surface area contributed by atoms with E-state index in [4.69, 9.17) is 4.74 Å². The molecular formula is C17H26N2O2S. The Morgan fingerprint density at radius 3 is 2.77 bits per heavy atom. The molecule has 1 spiro atoms. The van der Waals surface area contributed by atoms with E-state index in [1.807, 2.05) is 25.7 Å². The average Bonchev–Trinajstić information content (AvgIpc) is 2.86. The summed E-state index contributed by atoms with van der Waals surface area (Å²) in [5, 5.41) is 8.00. The molecular weight excluding hydrogens is 296 g/mol. The predicted octanol–water partition coefficient (Wildman–Crippen LogP) is 3.63. The minimum Gasteiger partial charge on any atom is -0.444 e. The number of thiophene rings is 1. The van der Waals surface area contributed by atoms with Crippen molar-refractivity contribution in [2.45, 2.75) is 58.2 Å². The highest BCUT2D eigenvalue weighted by molar-refractivity contribution is 7.07. The van der Waals surface area contributed by atoms with Gasteiger partial charge >= 0.3 is 6.09 Å². The number of amides is 1. The maximum atomic E-state index is 12.1. The van der Waals surface area contributed by atoms with E-state index in [9.17, 15) is 4.79 Å². The van der Waals surface area contributed by atoms with E-state index >= 15 is 0 Å². The number of nitrogens with zero attached hydrogens (tertiary/aromatic N) is 1. The fraction of sp³-hybridized carbons (Fsp3) is 0.706. The molecule has 1 aromatic heterocycles. The Morgan fingerprint density at radius 2 is 2.18 bits per heavy atom. The molecule has 1 saturated carbocycles. The number of likely N-dealkylation sites (tertiary alicyclic amines) is 1. The van der Waals surface area contributed by atoms with Crippen LogP contribution in [0.5, 0.6) is 0 Å². The van der Waals surface area contributed by atoms with Gasteiger partial charge in [0.1, 0.15) is 5.60 Å². The first kappa shape index (κ1) is 15.8. The van der Waals surface area contributed by atoms with Crippen molar-refractivity contribution in [2.24, 2.45) is 5.41 Å². The van der Waals surface area contributed by atoms with Crippen LogP contribution in [0.2, 0.25) is 0 Å². The van der Waals surface area contributed by atoms with E-state index in [0.29, 0.717) is 11.5 Å². The quantitative estimate of drug-likeness (QED) is 0.924. The normalized spacial score (nSPS) is 23.6. The van der Waals surface area contributed by atoms with Gasteiger partial charge in [-0.2, -0.15) is 11.3 Å². The third-order valence-corrected chi connectivity index (χ3v) is 5.47. The Hall–Kier alpha value is -1.07. The van der Waals surface area contributed by atoms with Crippen molar-refractivity contribution in [3.8, 4) is 0 Å². The average molecular weight is 322 g/mol. The summed E-state index contributed by atoms with van der Waals surface area (Å²) in [5.41, 5.74) is 1.39. The van der Waals surface area contributed by atoms with Gasteiger partial charge in [0.2, 0.25) is 0 Å². The van der Waals surface area contributed by atoms with E-state index in [-0.39, 0.29) is 6.09 Å². The first-order valence-electron chi connectivity index (χ1n) is 8.10. The first-order chi connectivity index (χ1) is 10.4.